The lowest BCUT2D eigenvalue weighted by Crippen LogP contribution is -2.52. The van der Waals surface area contributed by atoms with E-state index in [2.05, 4.69) is 15.6 Å². The molecule has 8 N–H and O–H groups in total. The van der Waals surface area contributed by atoms with Crippen molar-refractivity contribution in [2.45, 2.75) is 37.4 Å². The number of carbonyl (C=O) groups excluding carboxylic acids is 1. The van der Waals surface area contributed by atoms with Crippen LogP contribution in [0.5, 0.6) is 0 Å². The summed E-state index contributed by atoms with van der Waals surface area (Å²) >= 11 is 1.34. The van der Waals surface area contributed by atoms with Gasteiger partial charge in [0.2, 0.25) is 15.9 Å². The molecule has 0 saturated carbocycles. The van der Waals surface area contributed by atoms with Crippen LogP contribution in [0.4, 0.5) is 20.4 Å². The molecule has 0 atom stereocenters. The molecule has 0 unspecified atom stereocenters. The molecule has 3 aromatic rings. The molecule has 202 valence electrons. The minimum absolute atomic E-state index is 0.0199. The highest BCUT2D eigenvalue weighted by molar-refractivity contribution is 7.89. The topological polar surface area (TPSA) is 213 Å². The number of nitrogens with one attached hydrogen (secondary N) is 4. The van der Waals surface area contributed by atoms with Crippen molar-refractivity contribution in [1.29, 1.82) is 0 Å². The van der Waals surface area contributed by atoms with Gasteiger partial charge in [-0.2, -0.15) is 0 Å². The van der Waals surface area contributed by atoms with Gasteiger partial charge in [0.05, 0.1) is 10.6 Å². The summed E-state index contributed by atoms with van der Waals surface area (Å²) in [6.07, 6.45) is -2.39. The number of thiazole rings is 1. The van der Waals surface area contributed by atoms with Crippen LogP contribution in [0.25, 0.3) is 0 Å². The average Bonchev–Trinajstić information content (AvgIpc) is 3.17. The number of aryl methyl sites for hydroxylation is 2. The fourth-order valence-electron chi connectivity index (χ4n) is 3.46. The van der Waals surface area contributed by atoms with Gasteiger partial charge in [-0.25, -0.2) is 28.1 Å². The summed E-state index contributed by atoms with van der Waals surface area (Å²) < 4.78 is 23.0. The molecule has 0 radical (unpaired) electrons. The molecule has 0 fully saturated rings. The Morgan fingerprint density at radius 2 is 1.53 bits per heavy atom. The van der Waals surface area contributed by atoms with Crippen molar-refractivity contribution >= 4 is 50.3 Å². The monoisotopic (exact) mass is 562 g/mol. The summed E-state index contributed by atoms with van der Waals surface area (Å²) in [5, 5.41) is 32.8. The van der Waals surface area contributed by atoms with E-state index >= 15 is 0 Å². The Labute approximate surface area is 222 Å². The molecular formula is C23H26N6O7S2. The van der Waals surface area contributed by atoms with Crippen LogP contribution in [-0.4, -0.2) is 48.0 Å². The molecule has 0 aliphatic rings. The first-order valence-corrected chi connectivity index (χ1v) is 13.5. The van der Waals surface area contributed by atoms with Crippen LogP contribution in [0, 0.1) is 0 Å². The minimum Gasteiger partial charge on any atom is -0.465 e. The van der Waals surface area contributed by atoms with Gasteiger partial charge in [-0.1, -0.05) is 24.3 Å². The Bertz CT molecular complexity index is 1390. The van der Waals surface area contributed by atoms with E-state index in [1.54, 1.807) is 24.3 Å². The zero-order valence-electron chi connectivity index (χ0n) is 20.1. The molecule has 1 heterocycles. The van der Waals surface area contributed by atoms with Crippen molar-refractivity contribution in [2.24, 2.45) is 5.14 Å². The molecule has 2 aromatic carbocycles. The number of hydrogen-bond donors (Lipinski definition) is 7. The van der Waals surface area contributed by atoms with Crippen molar-refractivity contribution in [1.82, 2.24) is 15.6 Å². The van der Waals surface area contributed by atoms with Crippen LogP contribution in [0.15, 0.2) is 53.4 Å². The predicted molar refractivity (Wildman–Crippen MR) is 141 cm³/mol. The maximum absolute atomic E-state index is 11.5. The SMILES string of the molecule is CC(=O)Nc1nc(CCc2ccc(NC(NC(=O)O)NC(=O)O)cc2)c(Cc2ccc(S(N)(=O)=O)cc2)s1. The number of anilines is 2. The minimum atomic E-state index is -3.79. The van der Waals surface area contributed by atoms with Crippen LogP contribution in [0.1, 0.15) is 28.6 Å². The summed E-state index contributed by atoms with van der Waals surface area (Å²) in [6, 6.07) is 13.2. The average molecular weight is 563 g/mol. The number of nitrogens with zero attached hydrogens (tertiary/aromatic N) is 1. The molecule has 3 amide bonds. The third-order valence-corrected chi connectivity index (χ3v) is 7.07. The highest BCUT2D eigenvalue weighted by atomic mass is 32.2. The smallest absolute Gasteiger partial charge is 0.407 e. The van der Waals surface area contributed by atoms with Crippen LogP contribution in [0.2, 0.25) is 0 Å². The molecule has 0 bridgehead atoms. The van der Waals surface area contributed by atoms with E-state index in [0.29, 0.717) is 30.1 Å². The largest absolute Gasteiger partial charge is 0.465 e. The van der Waals surface area contributed by atoms with E-state index in [0.717, 1.165) is 21.7 Å². The van der Waals surface area contributed by atoms with Gasteiger partial charge in [-0.3, -0.25) is 15.4 Å². The highest BCUT2D eigenvalue weighted by Crippen LogP contribution is 2.27. The van der Waals surface area contributed by atoms with Gasteiger partial charge in [0, 0.05) is 23.9 Å². The molecule has 0 spiro atoms. The predicted octanol–water partition coefficient (Wildman–Crippen LogP) is 2.36. The van der Waals surface area contributed by atoms with Gasteiger partial charge in [-0.15, -0.1) is 11.3 Å². The first-order valence-electron chi connectivity index (χ1n) is 11.1. The molecular weight excluding hydrogens is 536 g/mol. The zero-order chi connectivity index (χ0) is 27.9. The van der Waals surface area contributed by atoms with Gasteiger partial charge < -0.3 is 20.8 Å². The van der Waals surface area contributed by atoms with Crippen molar-refractivity contribution in [3.63, 3.8) is 0 Å². The third kappa shape index (κ3) is 8.72. The lowest BCUT2D eigenvalue weighted by Gasteiger charge is -2.19. The van der Waals surface area contributed by atoms with Crippen molar-refractivity contribution in [3.8, 4) is 0 Å². The van der Waals surface area contributed by atoms with E-state index in [4.69, 9.17) is 15.4 Å². The third-order valence-electron chi connectivity index (χ3n) is 5.13. The van der Waals surface area contributed by atoms with E-state index in [9.17, 15) is 22.8 Å². The standard InChI is InChI=1S/C23H26N6O7S2/c1-13(30)25-21-27-18(19(37-21)12-15-4-9-17(10-5-15)38(24,35)36)11-6-14-2-7-16(8-3-14)26-20(28-22(31)32)29-23(33)34/h2-5,7-10,20,26,28-29H,6,11-12H2,1H3,(H,31,32)(H,33,34)(H2,24,35,36)(H,25,27,30). The van der Waals surface area contributed by atoms with Crippen LogP contribution in [-0.2, 0) is 34.1 Å². The van der Waals surface area contributed by atoms with Crippen molar-refractivity contribution in [3.05, 3.63) is 70.2 Å². The number of hydrogen-bond acceptors (Lipinski definition) is 8. The maximum Gasteiger partial charge on any atom is 0.407 e. The van der Waals surface area contributed by atoms with Gasteiger partial charge in [-0.05, 0) is 48.2 Å². The second kappa shape index (κ2) is 12.4. The molecule has 0 aliphatic carbocycles. The lowest BCUT2D eigenvalue weighted by molar-refractivity contribution is -0.114. The summed E-state index contributed by atoms with van der Waals surface area (Å²) in [5.41, 5.74) is 3.08. The van der Waals surface area contributed by atoms with E-state index in [1.165, 1.54) is 30.4 Å². The normalized spacial score (nSPS) is 11.1. The van der Waals surface area contributed by atoms with Crippen LogP contribution < -0.4 is 26.4 Å². The van der Waals surface area contributed by atoms with Gasteiger partial charge >= 0.3 is 12.2 Å². The van der Waals surface area contributed by atoms with Crippen LogP contribution >= 0.6 is 11.3 Å². The van der Waals surface area contributed by atoms with Crippen molar-refractivity contribution in [2.75, 3.05) is 10.6 Å². The first kappa shape index (κ1) is 28.4. The Morgan fingerprint density at radius 1 is 0.947 bits per heavy atom. The van der Waals surface area contributed by atoms with E-state index in [1.807, 2.05) is 22.8 Å². The summed E-state index contributed by atoms with van der Waals surface area (Å²) in [7, 11) is -3.79. The summed E-state index contributed by atoms with van der Waals surface area (Å²) in [5.74, 6) is -0.245. The second-order valence-corrected chi connectivity index (χ2v) is 10.8. The molecule has 15 heteroatoms. The van der Waals surface area contributed by atoms with Gasteiger partial charge in [0.1, 0.15) is 0 Å². The Morgan fingerprint density at radius 3 is 2.05 bits per heavy atom. The summed E-state index contributed by atoms with van der Waals surface area (Å²) in [6.45, 7) is 1.39. The van der Waals surface area contributed by atoms with Crippen molar-refractivity contribution < 1.29 is 33.0 Å². The number of carbonyl (C=O) groups is 3. The number of benzene rings is 2. The number of carboxylic acid groups (broad SMARTS) is 2. The number of primary sulfonamides is 1. The summed E-state index contributed by atoms with van der Waals surface area (Å²) in [4.78, 5) is 38.8. The maximum atomic E-state index is 11.5. The van der Waals surface area contributed by atoms with E-state index < -0.39 is 28.5 Å². The zero-order valence-corrected chi connectivity index (χ0v) is 21.7. The number of nitrogens with two attached hydrogens (primary N) is 1. The van der Waals surface area contributed by atoms with Crippen LogP contribution in [0.3, 0.4) is 0 Å². The molecule has 38 heavy (non-hydrogen) atoms. The number of aromatic nitrogens is 1. The second-order valence-electron chi connectivity index (χ2n) is 8.11. The first-order chi connectivity index (χ1) is 17.9. The highest BCUT2D eigenvalue weighted by Gasteiger charge is 2.15. The molecule has 1 aromatic heterocycles. The van der Waals surface area contributed by atoms with Gasteiger partial charge in [0.15, 0.2) is 11.4 Å². The number of sulfonamides is 1. The Hall–Kier alpha value is -4.21. The molecule has 0 saturated heterocycles. The molecule has 13 nitrogen and oxygen atoms in total. The number of rotatable bonds is 11. The lowest BCUT2D eigenvalue weighted by atomic mass is 10.0. The van der Waals surface area contributed by atoms with E-state index in [-0.39, 0.29) is 10.8 Å². The van der Waals surface area contributed by atoms with Gasteiger partial charge in [0.25, 0.3) is 0 Å². The molecule has 3 rings (SSSR count). The Balaban J connectivity index is 1.71. The fraction of sp³-hybridized carbons (Fsp3) is 0.217. The number of amides is 3. The molecule has 0 aliphatic heterocycles. The Kier molecular flexibility index (Phi) is 9.22. The fourth-order valence-corrected chi connectivity index (χ4v) is 5.06. The quantitative estimate of drug-likeness (QED) is 0.171.